The van der Waals surface area contributed by atoms with E-state index >= 15 is 0 Å². The fourth-order valence-corrected chi connectivity index (χ4v) is 18.5. The monoisotopic (exact) mass is 1950 g/mol. The van der Waals surface area contributed by atoms with Gasteiger partial charge in [-0.15, -0.1) is 0 Å². The number of hydrogen-bond acceptors (Lipinski definition) is 16. The zero-order valence-corrected chi connectivity index (χ0v) is 85.8. The fourth-order valence-electron chi connectivity index (χ4n) is 15.9. The molecule has 0 spiro atoms. The first-order valence-corrected chi connectivity index (χ1v) is 48.3. The number of carbonyl (C=O) groups excluding carboxylic acids is 4. The summed E-state index contributed by atoms with van der Waals surface area (Å²) in [6.07, 6.45) is 21.7. The Bertz CT molecular complexity index is 5950. The predicted octanol–water partition coefficient (Wildman–Crippen LogP) is 24.0. The van der Waals surface area contributed by atoms with Crippen molar-refractivity contribution in [1.82, 2.24) is 0 Å². The molecular weight excluding hydrogens is 1840 g/mol. The van der Waals surface area contributed by atoms with Gasteiger partial charge in [-0.3, -0.25) is 9.36 Å². The molecule has 4 fully saturated rings. The van der Waals surface area contributed by atoms with Gasteiger partial charge in [-0.1, -0.05) is 300 Å². The van der Waals surface area contributed by atoms with Crippen molar-refractivity contribution in [3.05, 3.63) is 373 Å². The van der Waals surface area contributed by atoms with E-state index in [0.29, 0.717) is 111 Å². The number of hydrogen-bond donors (Lipinski definition) is 1. The quantitative estimate of drug-likeness (QED) is 0.0230. The van der Waals surface area contributed by atoms with Crippen LogP contribution in [0.1, 0.15) is 189 Å². The molecule has 24 heteroatoms. The van der Waals surface area contributed by atoms with Crippen LogP contribution in [0.5, 0.6) is 23.0 Å². The van der Waals surface area contributed by atoms with E-state index in [1.54, 1.807) is 61.5 Å². The second-order valence-electron chi connectivity index (χ2n) is 32.4. The van der Waals surface area contributed by atoms with Crippen LogP contribution in [0.25, 0.3) is 62.7 Å². The summed E-state index contributed by atoms with van der Waals surface area (Å²) in [5, 5.41) is 10.6. The number of carboxylic acid groups (broad SMARTS) is 1. The summed E-state index contributed by atoms with van der Waals surface area (Å²) < 4.78 is 61.5. The van der Waals surface area contributed by atoms with E-state index in [1.165, 1.54) is 105 Å². The number of benzene rings is 12. The maximum Gasteiger partial charge on any atom is 1.00 e. The van der Waals surface area contributed by atoms with E-state index in [2.05, 4.69) is 181 Å². The number of rotatable bonds is 26. The first-order chi connectivity index (χ1) is 64.6. The Morgan fingerprint density at radius 2 is 0.596 bits per heavy atom. The van der Waals surface area contributed by atoms with Gasteiger partial charge in [0.2, 0.25) is 0 Å². The number of halogens is 4. The van der Waals surface area contributed by atoms with Gasteiger partial charge in [0.05, 0.1) is 107 Å². The van der Waals surface area contributed by atoms with Crippen LogP contribution in [-0.2, 0) is 38.8 Å². The number of aromatic carboxylic acids is 1. The molecule has 0 aliphatic heterocycles. The average molecular weight is 1950 g/mol. The fraction of sp³-hybridized carbons (Fsp3) is 0.259. The molecule has 17 nitrogen and oxygen atoms in total. The van der Waals surface area contributed by atoms with Crippen LogP contribution >= 0.6 is 54.0 Å². The van der Waals surface area contributed by atoms with Crippen molar-refractivity contribution in [2.24, 2.45) is 0 Å². The Labute approximate surface area is 864 Å². The van der Waals surface area contributed by atoms with Crippen LogP contribution in [-0.4, -0.2) is 98.7 Å². The minimum atomic E-state index is -3.03. The maximum absolute atomic E-state index is 12.5. The van der Waals surface area contributed by atoms with Crippen molar-refractivity contribution >= 4 is 102 Å². The predicted molar refractivity (Wildman–Crippen MR) is 537 cm³/mol. The van der Waals surface area contributed by atoms with Gasteiger partial charge in [-0.05, 0) is 250 Å². The Hall–Kier alpha value is -10.1. The molecule has 0 unspecified atom stereocenters. The molecule has 2 N–H and O–H groups in total. The first kappa shape index (κ1) is 110. The molecule has 0 aromatic heterocycles. The second-order valence-corrected chi connectivity index (χ2v) is 36.1. The van der Waals surface area contributed by atoms with Crippen LogP contribution in [0.3, 0.4) is 0 Å². The standard InChI is InChI=1S/C28H27ClO3.C27H25ClO3.C26H23ClO3.C17H21O3P.C14H15ClO4.2Na.H2O.H/c1-2-31-28(30)24-14-17-27(26(29)19-24)32-25-15-10-21(11-16-25)18-20-8-12-23(13-9-20)22-6-4-3-5-7-22;1-30-27(29)23-13-16-26(25(28)18-23)31-24-14-9-20(10-15-24)17-19-7-11-22(12-8-19)21-5-3-2-4-6-21;27-24-17-22(26(28)29)12-15-25(24)30-23-13-8-19(9-14-23)16-18-6-10-21(11-7-18)20-4-2-1-3-5-20;1-3-19-21(18,20-4-2)14-15-10-12-17(13-11-15)16-8-6-5-7-9-16;1-18-14(17)9-2-7-13(12(15)8-9)19-11-5-3-10(16)4-6-11;;;;/h3-9,12-14,17-19,25H,2,10-11,15-16H2,1H3;2-8,11-13,16-18,24H,9-10,14-15H2,1H3;1-7,10-12,15-17,23H,8-9,13-14H2,(H,28,29);5-13H,3-4,14H2,1-2H3;2,7-8,11H,3-6H2,1H3;;;1H2;/q;;;;;2*+1;;-1/p-1. The average Bonchev–Trinajstić information content (AvgIpc) is 0.822. The van der Waals surface area contributed by atoms with E-state index in [0.717, 1.165) is 88.2 Å². The zero-order chi connectivity index (χ0) is 93.9. The minimum Gasteiger partial charge on any atom is -1.00 e. The number of carbonyl (C=O) groups is 5. The molecule has 4 saturated carbocycles. The molecule has 0 bridgehead atoms. The largest absolute Gasteiger partial charge is 1.00 e. The normalized spacial score (nSPS) is 15.0. The Morgan fingerprint density at radius 1 is 0.346 bits per heavy atom. The third-order valence-electron chi connectivity index (χ3n) is 23.0. The van der Waals surface area contributed by atoms with E-state index in [-0.39, 0.29) is 108 Å². The molecule has 0 radical (unpaired) electrons. The van der Waals surface area contributed by atoms with E-state index in [9.17, 15) is 28.5 Å². The molecule has 0 atom stereocenters. The van der Waals surface area contributed by atoms with Gasteiger partial charge in [0.15, 0.2) is 0 Å². The molecule has 12 aromatic rings. The molecule has 136 heavy (non-hydrogen) atoms. The molecule has 0 saturated heterocycles. The van der Waals surface area contributed by atoms with Crippen molar-refractivity contribution in [3.63, 3.8) is 0 Å². The summed E-state index contributed by atoms with van der Waals surface area (Å²) >= 11 is 24.9. The number of esters is 3. The van der Waals surface area contributed by atoms with Crippen molar-refractivity contribution in [1.29, 1.82) is 0 Å². The van der Waals surface area contributed by atoms with Crippen molar-refractivity contribution < 1.29 is 142 Å². The van der Waals surface area contributed by atoms with Crippen molar-refractivity contribution in [2.45, 2.75) is 154 Å². The molecule has 12 aromatic carbocycles. The number of ketones is 1. The topological polar surface area (TPSA) is 236 Å². The second kappa shape index (κ2) is 56.7. The molecular formula is C112H113Cl4Na2O17P. The number of allylic oxidation sites excluding steroid dienone is 3. The summed E-state index contributed by atoms with van der Waals surface area (Å²) in [5.74, 6) is 0.403. The van der Waals surface area contributed by atoms with Crippen LogP contribution in [0, 0.1) is 0 Å². The SMILES string of the molecule is CCOC(=O)c1ccc(OC2CCC(=Cc3ccc(-c4ccccc4)cc3)CC2)c(Cl)c1.CCOP(=O)(Cc1ccc(-c2ccccc2)cc1)OCC.COC(=O)c1ccc(OC2CCC(=Cc3ccc(-c4ccccc4)cc3)CC2)c(Cl)c1.COC(=O)c1ccc(OC2CCC(=O)CC2)c(Cl)c1.O=C(O)c1ccc(OC2CCC(=Cc3ccc(-c4ccccc4)cc3)CC2)c(Cl)c1.[H-].[Na+].[Na+].[OH-]. The third-order valence-corrected chi connectivity index (χ3v) is 26.2. The number of ether oxygens (including phenoxy) is 7. The third kappa shape index (κ3) is 34.2. The summed E-state index contributed by atoms with van der Waals surface area (Å²) in [4.78, 5) is 57.0. The Morgan fingerprint density at radius 3 is 0.853 bits per heavy atom. The number of Topliss-reactive ketones (excluding diaryl/α,β-unsaturated/α-hetero) is 1. The van der Waals surface area contributed by atoms with E-state index in [4.69, 9.17) is 89.0 Å². The maximum atomic E-state index is 12.5. The first-order valence-electron chi connectivity index (χ1n) is 45.1. The molecule has 0 heterocycles. The van der Waals surface area contributed by atoms with Gasteiger partial charge < -0.3 is 54.2 Å². The molecule has 0 amide bonds. The molecule has 698 valence electrons. The van der Waals surface area contributed by atoms with Crippen molar-refractivity contribution in [2.75, 3.05) is 34.0 Å². The van der Waals surface area contributed by atoms with E-state index in [1.807, 2.05) is 74.5 Å². The van der Waals surface area contributed by atoms with Crippen LogP contribution in [0.2, 0.25) is 20.1 Å². The number of carboxylic acids is 1. The van der Waals surface area contributed by atoms with Crippen LogP contribution in [0.15, 0.2) is 308 Å². The van der Waals surface area contributed by atoms with Gasteiger partial charge >= 0.3 is 90.6 Å². The van der Waals surface area contributed by atoms with Gasteiger partial charge in [0.1, 0.15) is 28.8 Å². The van der Waals surface area contributed by atoms with Gasteiger partial charge in [-0.2, -0.15) is 0 Å². The van der Waals surface area contributed by atoms with Crippen LogP contribution in [0.4, 0.5) is 0 Å². The smallest absolute Gasteiger partial charge is 1.00 e. The van der Waals surface area contributed by atoms with Gasteiger partial charge in [-0.25, -0.2) is 19.2 Å². The summed E-state index contributed by atoms with van der Waals surface area (Å²) in [6.45, 7) is 6.54. The summed E-state index contributed by atoms with van der Waals surface area (Å²) in [7, 11) is -0.357. The van der Waals surface area contributed by atoms with Gasteiger partial charge in [0.25, 0.3) is 0 Å². The number of methoxy groups -OCH3 is 2. The molecule has 16 rings (SSSR count). The summed E-state index contributed by atoms with van der Waals surface area (Å²) in [5.41, 5.74) is 20.1. The molecule has 4 aliphatic carbocycles. The van der Waals surface area contributed by atoms with E-state index < -0.39 is 25.5 Å². The van der Waals surface area contributed by atoms with Gasteiger partial charge in [0, 0.05) is 12.8 Å². The molecule has 4 aliphatic rings. The zero-order valence-electron chi connectivity index (χ0n) is 78.9. The van der Waals surface area contributed by atoms with Crippen LogP contribution < -0.4 is 78.1 Å². The summed E-state index contributed by atoms with van der Waals surface area (Å²) in [6, 6.07) is 95.0. The minimum absolute atomic E-state index is 0. The van der Waals surface area contributed by atoms with Crippen molar-refractivity contribution in [3.8, 4) is 67.5 Å². The Kier molecular flexibility index (Phi) is 45.6. The Balaban J connectivity index is 0.000000211.